The molecule has 2 rings (SSSR count). The second-order valence-corrected chi connectivity index (χ2v) is 4.23. The molecule has 1 aromatic heterocycles. The number of alkyl halides is 3. The van der Waals surface area contributed by atoms with Crippen LogP contribution in [-0.2, 0) is 0 Å². The van der Waals surface area contributed by atoms with E-state index in [2.05, 4.69) is 9.72 Å². The van der Waals surface area contributed by atoms with Gasteiger partial charge in [0, 0.05) is 11.8 Å². The summed E-state index contributed by atoms with van der Waals surface area (Å²) in [5, 5.41) is 10.6. The maximum absolute atomic E-state index is 12.2. The van der Waals surface area contributed by atoms with E-state index in [9.17, 15) is 23.3 Å². The fraction of sp³-hybridized carbons (Fsp3) is 0.0833. The highest BCUT2D eigenvalue weighted by atomic mass is 35.5. The van der Waals surface area contributed by atoms with Crippen LogP contribution in [0.25, 0.3) is 11.1 Å². The number of benzene rings is 1. The molecule has 0 aliphatic carbocycles. The number of nitrogens with zero attached hydrogens (tertiary/aromatic N) is 2. The monoisotopic (exact) mass is 318 g/mol. The van der Waals surface area contributed by atoms with Gasteiger partial charge in [0.25, 0.3) is 0 Å². The van der Waals surface area contributed by atoms with Gasteiger partial charge in [0.15, 0.2) is 0 Å². The number of pyridine rings is 1. The summed E-state index contributed by atoms with van der Waals surface area (Å²) in [6, 6.07) is 4.93. The van der Waals surface area contributed by atoms with Gasteiger partial charge in [0.05, 0.1) is 4.92 Å². The van der Waals surface area contributed by atoms with Crippen LogP contribution in [0, 0.1) is 10.1 Å². The average Bonchev–Trinajstić information content (AvgIpc) is 2.36. The Bertz CT molecular complexity index is 692. The molecule has 0 fully saturated rings. The van der Waals surface area contributed by atoms with Crippen molar-refractivity contribution < 1.29 is 22.8 Å². The summed E-state index contributed by atoms with van der Waals surface area (Å²) in [4.78, 5) is 13.7. The zero-order chi connectivity index (χ0) is 15.6. The quantitative estimate of drug-likeness (QED) is 0.628. The minimum absolute atomic E-state index is 0.137. The Hall–Kier alpha value is -2.35. The van der Waals surface area contributed by atoms with Gasteiger partial charge >= 0.3 is 12.0 Å². The lowest BCUT2D eigenvalue weighted by atomic mass is 10.1. The van der Waals surface area contributed by atoms with E-state index >= 15 is 0 Å². The summed E-state index contributed by atoms with van der Waals surface area (Å²) in [6.45, 7) is 0. The van der Waals surface area contributed by atoms with Gasteiger partial charge in [-0.15, -0.1) is 13.2 Å². The molecule has 0 unspecified atom stereocenters. The van der Waals surface area contributed by atoms with Crippen molar-refractivity contribution in [2.75, 3.05) is 0 Å². The van der Waals surface area contributed by atoms with Gasteiger partial charge in [-0.1, -0.05) is 23.7 Å². The second kappa shape index (κ2) is 5.57. The van der Waals surface area contributed by atoms with Crippen LogP contribution in [0.2, 0.25) is 5.02 Å². The molecule has 0 N–H and O–H groups in total. The summed E-state index contributed by atoms with van der Waals surface area (Å²) in [5.41, 5.74) is -0.0762. The summed E-state index contributed by atoms with van der Waals surface area (Å²) in [7, 11) is 0. The van der Waals surface area contributed by atoms with Gasteiger partial charge in [-0.3, -0.25) is 15.1 Å². The Morgan fingerprint density at radius 2 is 2.00 bits per heavy atom. The lowest BCUT2D eigenvalue weighted by Crippen LogP contribution is -2.17. The molecule has 5 nitrogen and oxygen atoms in total. The highest BCUT2D eigenvalue weighted by molar-refractivity contribution is 6.35. The van der Waals surface area contributed by atoms with Crippen LogP contribution in [0.5, 0.6) is 5.75 Å². The lowest BCUT2D eigenvalue weighted by Gasteiger charge is -2.10. The molecule has 0 bridgehead atoms. The van der Waals surface area contributed by atoms with Gasteiger partial charge in [0.2, 0.25) is 0 Å². The molecule has 0 aliphatic rings. The predicted octanol–water partition coefficient (Wildman–Crippen LogP) is 4.21. The SMILES string of the molecule is O=[N+]([O-])c1cncc(-c2cccc(OC(F)(F)F)c2)c1Cl. The number of ether oxygens (including phenoxy) is 1. The number of rotatable bonds is 3. The zero-order valence-electron chi connectivity index (χ0n) is 10.1. The Morgan fingerprint density at radius 1 is 1.29 bits per heavy atom. The Labute approximate surface area is 121 Å². The van der Waals surface area contributed by atoms with Crippen molar-refractivity contribution in [1.29, 1.82) is 0 Å². The van der Waals surface area contributed by atoms with Crippen LogP contribution in [-0.4, -0.2) is 16.3 Å². The van der Waals surface area contributed by atoms with Crippen LogP contribution in [0.1, 0.15) is 0 Å². The molecule has 0 spiro atoms. The van der Waals surface area contributed by atoms with Gasteiger partial charge in [0.1, 0.15) is 17.0 Å². The summed E-state index contributed by atoms with van der Waals surface area (Å²) < 4.78 is 40.3. The van der Waals surface area contributed by atoms with Gasteiger partial charge in [-0.2, -0.15) is 0 Å². The third-order valence-electron chi connectivity index (χ3n) is 2.44. The van der Waals surface area contributed by atoms with Crippen molar-refractivity contribution in [1.82, 2.24) is 4.98 Å². The lowest BCUT2D eigenvalue weighted by molar-refractivity contribution is -0.385. The van der Waals surface area contributed by atoms with E-state index in [1.165, 1.54) is 18.3 Å². The molecule has 0 aliphatic heterocycles. The standard InChI is InChI=1S/C12H6ClF3N2O3/c13-11-9(5-17-6-10(11)18(19)20)7-2-1-3-8(4-7)21-12(14,15)16/h1-6H. The Morgan fingerprint density at radius 3 is 2.62 bits per heavy atom. The zero-order valence-corrected chi connectivity index (χ0v) is 10.9. The van der Waals surface area contributed by atoms with Crippen molar-refractivity contribution in [3.8, 4) is 16.9 Å². The fourth-order valence-corrected chi connectivity index (χ4v) is 1.90. The van der Waals surface area contributed by atoms with E-state index in [1.807, 2.05) is 0 Å². The smallest absolute Gasteiger partial charge is 0.406 e. The molecule has 0 radical (unpaired) electrons. The summed E-state index contributed by atoms with van der Waals surface area (Å²) >= 11 is 5.88. The van der Waals surface area contributed by atoms with Gasteiger partial charge < -0.3 is 4.74 Å². The normalized spacial score (nSPS) is 11.2. The maximum Gasteiger partial charge on any atom is 0.573 e. The van der Waals surface area contributed by atoms with E-state index in [-0.39, 0.29) is 16.1 Å². The largest absolute Gasteiger partial charge is 0.573 e. The van der Waals surface area contributed by atoms with Crippen LogP contribution in [0.4, 0.5) is 18.9 Å². The summed E-state index contributed by atoms with van der Waals surface area (Å²) in [6.07, 6.45) is -2.65. The first-order chi connectivity index (χ1) is 9.78. The van der Waals surface area contributed by atoms with Crippen molar-refractivity contribution in [3.63, 3.8) is 0 Å². The van der Waals surface area contributed by atoms with E-state index in [0.29, 0.717) is 0 Å². The Balaban J connectivity index is 2.46. The molecule has 0 atom stereocenters. The second-order valence-electron chi connectivity index (χ2n) is 3.85. The predicted molar refractivity (Wildman–Crippen MR) is 68.0 cm³/mol. The van der Waals surface area contributed by atoms with E-state index < -0.39 is 22.7 Å². The van der Waals surface area contributed by atoms with Gasteiger partial charge in [-0.25, -0.2) is 0 Å². The van der Waals surface area contributed by atoms with Crippen LogP contribution >= 0.6 is 11.6 Å². The molecule has 21 heavy (non-hydrogen) atoms. The summed E-state index contributed by atoms with van der Waals surface area (Å²) in [5.74, 6) is -0.456. The first-order valence-corrected chi connectivity index (χ1v) is 5.80. The van der Waals surface area contributed by atoms with Crippen LogP contribution < -0.4 is 4.74 Å². The highest BCUT2D eigenvalue weighted by Gasteiger charge is 2.31. The number of halogens is 4. The van der Waals surface area contributed by atoms with Crippen molar-refractivity contribution in [3.05, 3.63) is 51.8 Å². The molecular weight excluding hydrogens is 313 g/mol. The fourth-order valence-electron chi connectivity index (χ4n) is 1.62. The molecule has 0 amide bonds. The Kier molecular flexibility index (Phi) is 3.99. The number of nitro groups is 1. The molecule has 110 valence electrons. The van der Waals surface area contributed by atoms with Crippen molar-refractivity contribution in [2.45, 2.75) is 6.36 Å². The third kappa shape index (κ3) is 3.60. The van der Waals surface area contributed by atoms with Crippen LogP contribution in [0.15, 0.2) is 36.7 Å². The van der Waals surface area contributed by atoms with Gasteiger partial charge in [-0.05, 0) is 17.7 Å². The number of aromatic nitrogens is 1. The molecular formula is C12H6ClF3N2O3. The van der Waals surface area contributed by atoms with E-state index in [4.69, 9.17) is 11.6 Å². The molecule has 9 heteroatoms. The molecule has 1 heterocycles. The van der Waals surface area contributed by atoms with Crippen LogP contribution in [0.3, 0.4) is 0 Å². The molecule has 2 aromatic rings. The molecule has 0 saturated carbocycles. The maximum atomic E-state index is 12.2. The van der Waals surface area contributed by atoms with E-state index in [1.54, 1.807) is 0 Å². The number of hydrogen-bond acceptors (Lipinski definition) is 4. The average molecular weight is 319 g/mol. The molecule has 1 aromatic carbocycles. The highest BCUT2D eigenvalue weighted by Crippen LogP contribution is 2.35. The first-order valence-electron chi connectivity index (χ1n) is 5.42. The minimum Gasteiger partial charge on any atom is -0.406 e. The van der Waals surface area contributed by atoms with E-state index in [0.717, 1.165) is 18.3 Å². The van der Waals surface area contributed by atoms with Crippen molar-refractivity contribution in [2.24, 2.45) is 0 Å². The molecule has 0 saturated heterocycles. The first kappa shape index (κ1) is 15.0. The minimum atomic E-state index is -4.83. The topological polar surface area (TPSA) is 65.3 Å². The van der Waals surface area contributed by atoms with Crippen molar-refractivity contribution >= 4 is 17.3 Å². The number of hydrogen-bond donors (Lipinski definition) is 0. The third-order valence-corrected chi connectivity index (χ3v) is 2.83.